The van der Waals surface area contributed by atoms with Gasteiger partial charge in [0.1, 0.15) is 5.75 Å². The van der Waals surface area contributed by atoms with Gasteiger partial charge in [-0.2, -0.15) is 0 Å². The zero-order chi connectivity index (χ0) is 9.68. The van der Waals surface area contributed by atoms with Crippen molar-refractivity contribution in [1.29, 1.82) is 0 Å². The van der Waals surface area contributed by atoms with E-state index in [2.05, 4.69) is 19.2 Å². The second-order valence-corrected chi connectivity index (χ2v) is 3.44. The fraction of sp³-hybridized carbons (Fsp3) is 0.455. The Morgan fingerprint density at radius 1 is 1.31 bits per heavy atom. The molecule has 2 N–H and O–H groups in total. The van der Waals surface area contributed by atoms with Gasteiger partial charge in [0.15, 0.2) is 0 Å². The van der Waals surface area contributed by atoms with E-state index in [1.165, 1.54) is 6.42 Å². The van der Waals surface area contributed by atoms with Gasteiger partial charge in [0, 0.05) is 12.2 Å². The van der Waals surface area contributed by atoms with E-state index in [9.17, 15) is 0 Å². The van der Waals surface area contributed by atoms with Gasteiger partial charge in [-0.1, -0.05) is 20.3 Å². The number of nitrogens with one attached hydrogen (secondary N) is 1. The second kappa shape index (κ2) is 4.75. The monoisotopic (exact) mass is 179 g/mol. The Bertz CT molecular complexity index is 243. The van der Waals surface area contributed by atoms with Gasteiger partial charge in [0.05, 0.1) is 0 Å². The summed E-state index contributed by atoms with van der Waals surface area (Å²) in [5.41, 5.74) is 1.07. The molecule has 0 radical (unpaired) electrons. The van der Waals surface area contributed by atoms with Gasteiger partial charge in [-0.15, -0.1) is 0 Å². The van der Waals surface area contributed by atoms with Crippen molar-refractivity contribution in [2.45, 2.75) is 20.3 Å². The van der Waals surface area contributed by atoms with E-state index in [1.807, 2.05) is 12.1 Å². The van der Waals surface area contributed by atoms with Gasteiger partial charge < -0.3 is 10.4 Å². The quantitative estimate of drug-likeness (QED) is 0.696. The summed E-state index contributed by atoms with van der Waals surface area (Å²) in [6, 6.07) is 7.16. The van der Waals surface area contributed by atoms with Crippen LogP contribution in [-0.2, 0) is 0 Å². The molecule has 0 saturated carbocycles. The maximum absolute atomic E-state index is 9.05. The molecule has 1 aromatic carbocycles. The van der Waals surface area contributed by atoms with Gasteiger partial charge in [0.25, 0.3) is 0 Å². The summed E-state index contributed by atoms with van der Waals surface area (Å²) in [5.74, 6) is 1.00. The number of aromatic hydroxyl groups is 1. The molecule has 0 aliphatic heterocycles. The lowest BCUT2D eigenvalue weighted by molar-refractivity contribution is 0.475. The van der Waals surface area contributed by atoms with E-state index in [4.69, 9.17) is 5.11 Å². The van der Waals surface area contributed by atoms with Gasteiger partial charge in [-0.3, -0.25) is 0 Å². The zero-order valence-corrected chi connectivity index (χ0v) is 8.25. The molecule has 0 saturated heterocycles. The molecule has 0 spiro atoms. The minimum Gasteiger partial charge on any atom is -0.508 e. The van der Waals surface area contributed by atoms with Crippen molar-refractivity contribution in [2.75, 3.05) is 11.9 Å². The van der Waals surface area contributed by atoms with Crippen molar-refractivity contribution in [2.24, 2.45) is 5.92 Å². The van der Waals surface area contributed by atoms with Crippen molar-refractivity contribution in [1.82, 2.24) is 0 Å². The smallest absolute Gasteiger partial charge is 0.115 e. The minimum absolute atomic E-state index is 0.314. The Labute approximate surface area is 79.6 Å². The van der Waals surface area contributed by atoms with Crippen LogP contribution >= 0.6 is 0 Å². The molecule has 0 bridgehead atoms. The van der Waals surface area contributed by atoms with E-state index in [0.717, 1.165) is 12.2 Å². The van der Waals surface area contributed by atoms with Crippen molar-refractivity contribution in [3.63, 3.8) is 0 Å². The number of hydrogen-bond acceptors (Lipinski definition) is 2. The van der Waals surface area contributed by atoms with E-state index < -0.39 is 0 Å². The summed E-state index contributed by atoms with van der Waals surface area (Å²) < 4.78 is 0. The molecule has 0 aliphatic carbocycles. The lowest BCUT2D eigenvalue weighted by Gasteiger charge is -2.10. The summed E-state index contributed by atoms with van der Waals surface area (Å²) in [5, 5.41) is 12.4. The molecule has 1 aromatic rings. The summed E-state index contributed by atoms with van der Waals surface area (Å²) in [4.78, 5) is 0. The molecule has 72 valence electrons. The molecule has 1 atom stereocenters. The average molecular weight is 179 g/mol. The number of benzene rings is 1. The highest BCUT2D eigenvalue weighted by atomic mass is 16.3. The van der Waals surface area contributed by atoms with E-state index in [-0.39, 0.29) is 0 Å². The molecule has 0 heterocycles. The fourth-order valence-corrected chi connectivity index (χ4v) is 1.02. The predicted molar refractivity (Wildman–Crippen MR) is 56.1 cm³/mol. The zero-order valence-electron chi connectivity index (χ0n) is 8.25. The molecule has 13 heavy (non-hydrogen) atoms. The molecule has 2 nitrogen and oxygen atoms in total. The molecule has 2 heteroatoms. The SMILES string of the molecule is CCC(C)CNc1ccc(O)cc1. The van der Waals surface area contributed by atoms with Gasteiger partial charge in [-0.05, 0) is 30.2 Å². The van der Waals surface area contributed by atoms with Crippen LogP contribution in [0.15, 0.2) is 24.3 Å². The Kier molecular flexibility index (Phi) is 3.62. The summed E-state index contributed by atoms with van der Waals surface area (Å²) in [7, 11) is 0. The first-order valence-electron chi connectivity index (χ1n) is 4.75. The molecule has 1 rings (SSSR count). The lowest BCUT2D eigenvalue weighted by Crippen LogP contribution is -2.09. The van der Waals surface area contributed by atoms with Crippen molar-refractivity contribution in [3.05, 3.63) is 24.3 Å². The number of phenols is 1. The predicted octanol–water partition coefficient (Wildman–Crippen LogP) is 2.85. The third-order valence-corrected chi connectivity index (χ3v) is 2.22. The summed E-state index contributed by atoms with van der Waals surface area (Å²) in [6.07, 6.45) is 1.19. The summed E-state index contributed by atoms with van der Waals surface area (Å²) in [6.45, 7) is 5.39. The van der Waals surface area contributed by atoms with E-state index in [1.54, 1.807) is 12.1 Å². The Hall–Kier alpha value is -1.18. The first kappa shape index (κ1) is 9.90. The lowest BCUT2D eigenvalue weighted by atomic mass is 10.1. The maximum Gasteiger partial charge on any atom is 0.115 e. The van der Waals surface area contributed by atoms with Gasteiger partial charge in [-0.25, -0.2) is 0 Å². The number of phenolic OH excluding ortho intramolecular Hbond substituents is 1. The van der Waals surface area contributed by atoms with Crippen LogP contribution < -0.4 is 5.32 Å². The number of rotatable bonds is 4. The summed E-state index contributed by atoms with van der Waals surface area (Å²) >= 11 is 0. The van der Waals surface area contributed by atoms with Gasteiger partial charge in [0.2, 0.25) is 0 Å². The van der Waals surface area contributed by atoms with Crippen LogP contribution in [0.2, 0.25) is 0 Å². The van der Waals surface area contributed by atoms with Gasteiger partial charge >= 0.3 is 0 Å². The highest BCUT2D eigenvalue weighted by molar-refractivity contribution is 5.45. The van der Waals surface area contributed by atoms with Crippen LogP contribution in [0.25, 0.3) is 0 Å². The average Bonchev–Trinajstić information content (AvgIpc) is 2.16. The van der Waals surface area contributed by atoms with Crippen molar-refractivity contribution < 1.29 is 5.11 Å². The second-order valence-electron chi connectivity index (χ2n) is 3.44. The maximum atomic E-state index is 9.05. The highest BCUT2D eigenvalue weighted by Crippen LogP contribution is 2.14. The highest BCUT2D eigenvalue weighted by Gasteiger charge is 1.97. The molecule has 0 aliphatic rings. The van der Waals surface area contributed by atoms with E-state index >= 15 is 0 Å². The fourth-order valence-electron chi connectivity index (χ4n) is 1.02. The molecule has 0 aromatic heterocycles. The number of hydrogen-bond donors (Lipinski definition) is 2. The van der Waals surface area contributed by atoms with Crippen LogP contribution in [0.1, 0.15) is 20.3 Å². The first-order chi connectivity index (χ1) is 6.22. The topological polar surface area (TPSA) is 32.3 Å². The molecule has 0 fully saturated rings. The van der Waals surface area contributed by atoms with Crippen molar-refractivity contribution >= 4 is 5.69 Å². The molecular formula is C11H17NO. The van der Waals surface area contributed by atoms with Crippen LogP contribution in [0, 0.1) is 5.92 Å². The van der Waals surface area contributed by atoms with Crippen LogP contribution in [-0.4, -0.2) is 11.7 Å². The molecule has 1 unspecified atom stereocenters. The van der Waals surface area contributed by atoms with Crippen molar-refractivity contribution in [3.8, 4) is 5.75 Å². The first-order valence-corrected chi connectivity index (χ1v) is 4.75. The minimum atomic E-state index is 0.314. The van der Waals surface area contributed by atoms with E-state index in [0.29, 0.717) is 11.7 Å². The van der Waals surface area contributed by atoms with Crippen LogP contribution in [0.4, 0.5) is 5.69 Å². The molecular weight excluding hydrogens is 162 g/mol. The largest absolute Gasteiger partial charge is 0.508 e. The Balaban J connectivity index is 2.41. The standard InChI is InChI=1S/C11H17NO/c1-3-9(2)8-12-10-4-6-11(13)7-5-10/h4-7,9,12-13H,3,8H2,1-2H3. The molecule has 0 amide bonds. The van der Waals surface area contributed by atoms with Crippen LogP contribution in [0.3, 0.4) is 0 Å². The Morgan fingerprint density at radius 2 is 1.92 bits per heavy atom. The van der Waals surface area contributed by atoms with Crippen LogP contribution in [0.5, 0.6) is 5.75 Å². The normalized spacial score (nSPS) is 12.5. The third kappa shape index (κ3) is 3.36. The third-order valence-electron chi connectivity index (χ3n) is 2.22. The number of anilines is 1. The Morgan fingerprint density at radius 3 is 2.46 bits per heavy atom.